The third kappa shape index (κ3) is 49.0. The van der Waals surface area contributed by atoms with Crippen molar-refractivity contribution in [2.24, 2.45) is 22.6 Å². The van der Waals surface area contributed by atoms with Gasteiger partial charge in [0, 0.05) is 94.7 Å². The maximum atomic E-state index is 11.7. The monoisotopic (exact) mass is 1130 g/mol. The number of methoxy groups -OCH3 is 3. The van der Waals surface area contributed by atoms with Crippen LogP contribution in [0.3, 0.4) is 0 Å². The van der Waals surface area contributed by atoms with E-state index in [1.807, 2.05) is 92.9 Å². The molecule has 0 unspecified atom stereocenters. The molecule has 456 valence electrons. The molecular weight excluding hydrogens is 1020 g/mol. The highest BCUT2D eigenvalue weighted by Crippen LogP contribution is 2.22. The zero-order chi connectivity index (χ0) is 61.5. The van der Waals surface area contributed by atoms with Gasteiger partial charge in [0.2, 0.25) is 17.7 Å². The van der Waals surface area contributed by atoms with Gasteiger partial charge in [-0.3, -0.25) is 29.0 Å². The minimum atomic E-state index is -0.479. The number of hydrogen-bond acceptors (Lipinski definition) is 18. The van der Waals surface area contributed by atoms with Crippen molar-refractivity contribution in [3.63, 3.8) is 0 Å². The first-order valence-corrected chi connectivity index (χ1v) is 26.5. The summed E-state index contributed by atoms with van der Waals surface area (Å²) in [4.78, 5) is 82.2. The topological polar surface area (TPSA) is 314 Å². The molecule has 0 spiro atoms. The Bertz CT molecular complexity index is 1730. The molecule has 0 aliphatic carbocycles. The Morgan fingerprint density at radius 2 is 1.05 bits per heavy atom. The van der Waals surface area contributed by atoms with Crippen LogP contribution in [-0.2, 0) is 47.7 Å². The van der Waals surface area contributed by atoms with E-state index in [2.05, 4.69) is 68.1 Å². The number of ketones is 2. The molecule has 11 N–H and O–H groups in total. The van der Waals surface area contributed by atoms with Gasteiger partial charge in [0.05, 0.1) is 39.0 Å². The molecule has 3 saturated heterocycles. The number of carbonyl (C=O) groups excluding carboxylic acids is 7. The van der Waals surface area contributed by atoms with Crippen LogP contribution in [0.4, 0.5) is 9.59 Å². The molecule has 3 aliphatic heterocycles. The maximum Gasteiger partial charge on any atom is 0.407 e. The predicted molar refractivity (Wildman–Crippen MR) is 306 cm³/mol. The van der Waals surface area contributed by atoms with E-state index in [9.17, 15) is 33.6 Å². The van der Waals surface area contributed by atoms with E-state index in [-0.39, 0.29) is 62.7 Å². The van der Waals surface area contributed by atoms with Crippen LogP contribution in [0.15, 0.2) is 0 Å². The van der Waals surface area contributed by atoms with Gasteiger partial charge in [-0.25, -0.2) is 9.59 Å². The molecule has 3 aliphatic rings. The van der Waals surface area contributed by atoms with Crippen LogP contribution < -0.4 is 43.8 Å². The summed E-state index contributed by atoms with van der Waals surface area (Å²) in [6.07, 6.45) is 0.473. The maximum absolute atomic E-state index is 11.7. The number of ether oxygens (including phenoxy) is 5. The minimum absolute atomic E-state index is 0.00389. The van der Waals surface area contributed by atoms with Crippen LogP contribution in [-0.4, -0.2) is 201 Å². The van der Waals surface area contributed by atoms with Gasteiger partial charge in [-0.15, -0.1) is 11.6 Å². The van der Waals surface area contributed by atoms with E-state index < -0.39 is 28.9 Å². The smallest absolute Gasteiger partial charge is 0.407 e. The number of nitrogens with one attached hydrogen (secondary N) is 5. The van der Waals surface area contributed by atoms with Crippen molar-refractivity contribution < 1.29 is 57.2 Å². The molecule has 23 nitrogen and oxygen atoms in total. The molecule has 0 atom stereocenters. The molecule has 0 radical (unpaired) electrons. The first-order valence-electron chi connectivity index (χ1n) is 25.9. The Hall–Kier alpha value is -3.78. The number of nitrogens with two attached hydrogens (primary N) is 3. The fourth-order valence-electron chi connectivity index (χ4n) is 5.64. The lowest BCUT2D eigenvalue weighted by molar-refractivity contribution is -0.153. The molecular formula is C53H110ClN11O12. The quantitative estimate of drug-likeness (QED) is 0.107. The lowest BCUT2D eigenvalue weighted by atomic mass is 9.87. The number of piperazine rings is 3. The summed E-state index contributed by atoms with van der Waals surface area (Å²) in [5, 5.41) is 14.0. The van der Waals surface area contributed by atoms with E-state index in [1.54, 1.807) is 33.2 Å². The third-order valence-corrected chi connectivity index (χ3v) is 10.8. The van der Waals surface area contributed by atoms with Gasteiger partial charge in [0.1, 0.15) is 29.5 Å². The van der Waals surface area contributed by atoms with Crippen LogP contribution in [0.5, 0.6) is 0 Å². The largest absolute Gasteiger partial charge is 0.444 e. The van der Waals surface area contributed by atoms with Crippen LogP contribution in [0.25, 0.3) is 0 Å². The SMILES string of the molecule is CC(=O)CCC(C)(C)CNC(=O)OC(C)(C)C.CC(=O)CCl.CC(C)(N)CN.CC(C)(N)CNC(=O)OC(C)(C)C.CC1(C)CNC(=O)CN1.COCN1CC(=O)NCC1(C)C.COCN1CC(C)(C)N(COC)CC1=O. The average Bonchev–Trinajstić information content (AvgIpc) is 3.26. The second-order valence-corrected chi connectivity index (χ2v) is 25.5. The number of alkyl halides is 1. The van der Waals surface area contributed by atoms with Gasteiger partial charge in [0.15, 0.2) is 0 Å². The third-order valence-electron chi connectivity index (χ3n) is 10.4. The molecule has 77 heavy (non-hydrogen) atoms. The number of amides is 5. The number of Topliss-reactive ketones (excluding diaryl/α,β-unsaturated/α-hetero) is 2. The summed E-state index contributed by atoms with van der Waals surface area (Å²) in [5.74, 6) is 0.593. The summed E-state index contributed by atoms with van der Waals surface area (Å²) in [5.41, 5.74) is 14.7. The zero-order valence-electron chi connectivity index (χ0n) is 52.0. The van der Waals surface area contributed by atoms with Crippen LogP contribution in [0, 0.1) is 5.41 Å². The number of rotatable bonds is 15. The fourth-order valence-corrected chi connectivity index (χ4v) is 5.64. The Morgan fingerprint density at radius 3 is 1.39 bits per heavy atom. The highest BCUT2D eigenvalue weighted by molar-refractivity contribution is 6.27. The molecule has 24 heteroatoms. The van der Waals surface area contributed by atoms with Gasteiger partial charge >= 0.3 is 12.2 Å². The van der Waals surface area contributed by atoms with Gasteiger partial charge in [-0.2, -0.15) is 0 Å². The number of alkyl carbamates (subject to hydrolysis) is 2. The van der Waals surface area contributed by atoms with Crippen LogP contribution in [0.1, 0.15) is 151 Å². The lowest BCUT2D eigenvalue weighted by Crippen LogP contribution is -2.62. The Kier molecular flexibility index (Phi) is 38.5. The first kappa shape index (κ1) is 79.7. The van der Waals surface area contributed by atoms with Crippen molar-refractivity contribution in [2.45, 2.75) is 190 Å². The fraction of sp³-hybridized carbons (Fsp3) is 0.868. The van der Waals surface area contributed by atoms with Crippen molar-refractivity contribution in [1.82, 2.24) is 41.3 Å². The predicted octanol–water partition coefficient (Wildman–Crippen LogP) is 4.05. The van der Waals surface area contributed by atoms with Gasteiger partial charge in [-0.05, 0) is 136 Å². The van der Waals surface area contributed by atoms with Crippen molar-refractivity contribution in [3.8, 4) is 0 Å². The van der Waals surface area contributed by atoms with E-state index in [0.717, 1.165) is 13.0 Å². The molecule has 0 bridgehead atoms. The molecule has 0 aromatic rings. The summed E-state index contributed by atoms with van der Waals surface area (Å²) < 4.78 is 25.3. The molecule has 3 fully saturated rings. The number of nitrogens with zero attached hydrogens (tertiary/aromatic N) is 3. The second kappa shape index (κ2) is 37.2. The normalized spacial score (nSPS) is 17.2. The Labute approximate surface area is 469 Å². The first-order chi connectivity index (χ1) is 34.6. The standard InChI is InChI=1S/C13H25NO3.C10H20N2O3.C9H20N2O2.C8H16N2O2.C6H12N2O.C4H12N2.C3H5ClO/c1-10(15)7-8-13(5,6)9-14-11(16)17-12(2,3)4;1-10(2)6-11(7-14-3)9(13)5-12(10)8-15-4;1-8(2,3)13-7(12)11-6-9(4,5)10;1-8(2)5-9-7(11)4-10(8)6-12-3;1-6(2)4-7-5(9)3-8-6;1-4(2,6)3-5;1-3(5)2-4/h7-9H2,1-6H3,(H,14,16);5-8H2,1-4H3;6,10H2,1-5H3,(H,11,12);4-6H2,1-3H3,(H,9,11);8H,3-4H2,1-2H3,(H,7,9);3,5-6H2,1-2H3;2H2,1H3. The Morgan fingerprint density at radius 1 is 0.636 bits per heavy atom. The van der Waals surface area contributed by atoms with Crippen LogP contribution >= 0.6 is 11.6 Å². The zero-order valence-corrected chi connectivity index (χ0v) is 52.7. The number of halogens is 1. The van der Waals surface area contributed by atoms with E-state index >= 15 is 0 Å². The molecule has 3 heterocycles. The summed E-state index contributed by atoms with van der Waals surface area (Å²) in [6, 6.07) is 0. The van der Waals surface area contributed by atoms with Gasteiger partial charge in [-0.1, -0.05) is 13.8 Å². The summed E-state index contributed by atoms with van der Waals surface area (Å²) in [6.45, 7) is 44.2. The summed E-state index contributed by atoms with van der Waals surface area (Å²) in [7, 11) is 4.88. The highest BCUT2D eigenvalue weighted by atomic mass is 35.5. The number of hydrogen-bond donors (Lipinski definition) is 8. The van der Waals surface area contributed by atoms with E-state index in [1.165, 1.54) is 6.92 Å². The van der Waals surface area contributed by atoms with Crippen molar-refractivity contribution in [2.75, 3.05) is 106 Å². The van der Waals surface area contributed by atoms with E-state index in [0.29, 0.717) is 79.0 Å². The lowest BCUT2D eigenvalue weighted by Gasteiger charge is -2.45. The van der Waals surface area contributed by atoms with Crippen molar-refractivity contribution in [3.05, 3.63) is 0 Å². The molecule has 5 amide bonds. The number of carbonyl (C=O) groups is 7. The highest BCUT2D eigenvalue weighted by Gasteiger charge is 2.38. The molecule has 0 saturated carbocycles. The van der Waals surface area contributed by atoms with Crippen LogP contribution in [0.2, 0.25) is 0 Å². The van der Waals surface area contributed by atoms with Gasteiger partial charge < -0.3 is 77.2 Å². The van der Waals surface area contributed by atoms with Crippen molar-refractivity contribution in [1.29, 1.82) is 0 Å². The van der Waals surface area contributed by atoms with Gasteiger partial charge in [0.25, 0.3) is 0 Å². The minimum Gasteiger partial charge on any atom is -0.444 e. The van der Waals surface area contributed by atoms with Crippen molar-refractivity contribution >= 4 is 53.1 Å². The molecule has 0 aromatic carbocycles. The molecule has 3 rings (SSSR count). The molecule has 0 aromatic heterocycles. The Balaban J connectivity index is -0.000000416. The average molecular weight is 1130 g/mol. The second-order valence-electron chi connectivity index (χ2n) is 25.3. The summed E-state index contributed by atoms with van der Waals surface area (Å²) >= 11 is 4.99. The van der Waals surface area contributed by atoms with E-state index in [4.69, 9.17) is 52.5 Å².